The molecule has 0 spiro atoms. The van der Waals surface area contributed by atoms with Crippen molar-refractivity contribution in [2.75, 3.05) is 34.0 Å². The first-order valence-corrected chi connectivity index (χ1v) is 20.8. The average molecular weight is 964 g/mol. The molecule has 24 heteroatoms. The Labute approximate surface area is 384 Å². The number of fused-ring (bicyclic) bond motifs is 1. The lowest BCUT2D eigenvalue weighted by atomic mass is 9.97. The fraction of sp³-hybridized carbons (Fsp3) is 0.455. The summed E-state index contributed by atoms with van der Waals surface area (Å²) in [7, 11) is 2.61. The normalized spacial score (nSPS) is 31.9. The smallest absolute Gasteiger partial charge is 0.402 e. The fourth-order valence-corrected chi connectivity index (χ4v) is 7.58. The lowest BCUT2D eigenvalue weighted by Gasteiger charge is -2.45. The summed E-state index contributed by atoms with van der Waals surface area (Å²) in [5.74, 6) is -2.62. The Kier molecular flexibility index (Phi) is 15.7. The molecule has 370 valence electrons. The average Bonchev–Trinajstić information content (AvgIpc) is 3.33. The molecule has 68 heavy (non-hydrogen) atoms. The molecule has 1 aromatic heterocycles. The van der Waals surface area contributed by atoms with Crippen LogP contribution in [0.1, 0.15) is 5.56 Å². The number of aliphatic hydroxyl groups excluding tert-OH is 10. The molecule has 3 aliphatic heterocycles. The number of rotatable bonds is 15. The van der Waals surface area contributed by atoms with Crippen LogP contribution in [0.3, 0.4) is 0 Å². The third kappa shape index (κ3) is 10.5. The number of phenols is 3. The van der Waals surface area contributed by atoms with Crippen molar-refractivity contribution in [3.05, 3.63) is 66.2 Å². The Hall–Kier alpha value is -5.68. The van der Waals surface area contributed by atoms with Crippen molar-refractivity contribution in [2.45, 2.75) is 92.1 Å². The Morgan fingerprint density at radius 3 is 1.84 bits per heavy atom. The van der Waals surface area contributed by atoms with E-state index >= 15 is 0 Å². The first-order chi connectivity index (χ1) is 32.5. The zero-order valence-electron chi connectivity index (χ0n) is 35.9. The maximum absolute atomic E-state index is 12.9. The monoisotopic (exact) mass is 963 g/mol. The van der Waals surface area contributed by atoms with Gasteiger partial charge in [-0.05, 0) is 35.9 Å². The van der Waals surface area contributed by atoms with Gasteiger partial charge in [0.1, 0.15) is 90.6 Å². The van der Waals surface area contributed by atoms with Gasteiger partial charge in [-0.2, -0.15) is 0 Å². The van der Waals surface area contributed by atoms with Gasteiger partial charge in [-0.15, -0.1) is 0 Å². The zero-order chi connectivity index (χ0) is 49.1. The number of aromatic hydroxyl groups is 3. The third-order valence-corrected chi connectivity index (χ3v) is 11.4. The van der Waals surface area contributed by atoms with E-state index in [1.807, 2.05) is 0 Å². The van der Waals surface area contributed by atoms with E-state index in [4.69, 9.17) is 47.0 Å². The van der Waals surface area contributed by atoms with E-state index in [0.29, 0.717) is 5.56 Å². The highest BCUT2D eigenvalue weighted by Crippen LogP contribution is 2.44. The number of benzene rings is 3. The molecule has 0 amide bonds. The molecule has 0 bridgehead atoms. The molecule has 0 unspecified atom stereocenters. The number of esters is 1. The molecule has 0 aliphatic carbocycles. The molecule has 0 saturated carbocycles. The van der Waals surface area contributed by atoms with Crippen LogP contribution in [0.4, 0.5) is 0 Å². The van der Waals surface area contributed by atoms with Crippen molar-refractivity contribution in [3.8, 4) is 51.6 Å². The zero-order valence-corrected chi connectivity index (χ0v) is 35.9. The van der Waals surface area contributed by atoms with Gasteiger partial charge in [0, 0.05) is 24.3 Å². The second kappa shape index (κ2) is 21.3. The fourth-order valence-electron chi connectivity index (χ4n) is 7.58. The van der Waals surface area contributed by atoms with Gasteiger partial charge in [0.2, 0.25) is 18.3 Å². The van der Waals surface area contributed by atoms with Crippen molar-refractivity contribution in [2.24, 2.45) is 0 Å². The highest BCUT2D eigenvalue weighted by molar-refractivity contribution is 5.89. The number of hydrogen-bond donors (Lipinski definition) is 13. The van der Waals surface area contributed by atoms with Gasteiger partial charge >= 0.3 is 17.3 Å². The molecular formula is C44H51O24+. The molecule has 4 heterocycles. The quantitative estimate of drug-likeness (QED) is 0.0347. The molecule has 13 N–H and O–H groups in total. The summed E-state index contributed by atoms with van der Waals surface area (Å²) in [5, 5.41) is 137. The summed E-state index contributed by atoms with van der Waals surface area (Å²) in [6.07, 6.45) is -25.0. The van der Waals surface area contributed by atoms with E-state index in [1.165, 1.54) is 62.8 Å². The predicted molar refractivity (Wildman–Crippen MR) is 225 cm³/mol. The van der Waals surface area contributed by atoms with Crippen LogP contribution in [0.15, 0.2) is 65.1 Å². The number of carbonyl (C=O) groups excluding carboxylic acids is 1. The van der Waals surface area contributed by atoms with Crippen molar-refractivity contribution in [1.29, 1.82) is 0 Å². The first kappa shape index (κ1) is 50.2. The molecule has 0 radical (unpaired) electrons. The van der Waals surface area contributed by atoms with E-state index in [-0.39, 0.29) is 56.8 Å². The van der Waals surface area contributed by atoms with Gasteiger partial charge in [-0.1, -0.05) is 6.07 Å². The summed E-state index contributed by atoms with van der Waals surface area (Å²) in [4.78, 5) is 12.9. The van der Waals surface area contributed by atoms with Gasteiger partial charge in [0.15, 0.2) is 35.4 Å². The summed E-state index contributed by atoms with van der Waals surface area (Å²) in [6.45, 7) is -2.40. The molecule has 3 saturated heterocycles. The number of carbonyl (C=O) groups is 1. The van der Waals surface area contributed by atoms with Gasteiger partial charge in [0.05, 0.1) is 39.1 Å². The maximum atomic E-state index is 12.9. The van der Waals surface area contributed by atoms with E-state index in [9.17, 15) is 71.2 Å². The lowest BCUT2D eigenvalue weighted by Crippen LogP contribution is -2.65. The van der Waals surface area contributed by atoms with Gasteiger partial charge in [-0.3, -0.25) is 0 Å². The molecule has 3 aliphatic rings. The van der Waals surface area contributed by atoms with E-state index in [1.54, 1.807) is 0 Å². The van der Waals surface area contributed by atoms with E-state index in [2.05, 4.69) is 0 Å². The largest absolute Gasteiger partial charge is 0.507 e. The number of hydrogen-bond acceptors (Lipinski definition) is 23. The minimum Gasteiger partial charge on any atom is -0.507 e. The van der Waals surface area contributed by atoms with Gasteiger partial charge in [0.25, 0.3) is 0 Å². The molecule has 24 nitrogen and oxygen atoms in total. The van der Waals surface area contributed by atoms with Crippen molar-refractivity contribution in [3.63, 3.8) is 0 Å². The van der Waals surface area contributed by atoms with Crippen LogP contribution in [0.25, 0.3) is 28.4 Å². The van der Waals surface area contributed by atoms with Crippen molar-refractivity contribution >= 4 is 23.0 Å². The molecular weight excluding hydrogens is 912 g/mol. The number of aliphatic hydroxyl groups is 10. The Morgan fingerprint density at radius 2 is 1.19 bits per heavy atom. The Bertz CT molecular complexity index is 2410. The van der Waals surface area contributed by atoms with Crippen molar-refractivity contribution in [1.82, 2.24) is 0 Å². The second-order valence-electron chi connectivity index (χ2n) is 15.8. The number of ether oxygens (including phenoxy) is 9. The summed E-state index contributed by atoms with van der Waals surface area (Å²) in [6, 6.07) is 11.7. The Morgan fingerprint density at radius 1 is 0.618 bits per heavy atom. The number of phenolic OH excluding ortho intramolecular Hbond substituents is 3. The van der Waals surface area contributed by atoms with Gasteiger partial charge < -0.3 is 109 Å². The topological polar surface area (TPSA) is 374 Å². The van der Waals surface area contributed by atoms with Crippen LogP contribution in [0.2, 0.25) is 0 Å². The van der Waals surface area contributed by atoms with Gasteiger partial charge in [-0.25, -0.2) is 9.21 Å². The first-order valence-electron chi connectivity index (χ1n) is 20.8. The lowest BCUT2D eigenvalue weighted by molar-refractivity contribution is -0.357. The standard InChI is InChI=1S/C44H50O24/c1-59-25-9-17(3-6-21(25)48)4-8-31(50)61-16-30-34(53)37(56)41(68-43-39(58)36(55)33(52)29(15-46)66-43)44(67-30)64-27-13-20-23(62-40(27)18-5-7-22(49)26(10-18)60-2)11-19(47)12-24(20)63-42-38(57)35(54)32(51)28(14-45)65-42/h3-13,28-30,32-39,41-46,51-58H,14-16H2,1-2H3,(H2-,47,48,49,50)/p+1/t28-,29-,30-,32-,33-,34-,35+,36+,37+,38-,39-,41-,42-,43+,44-/m1/s1. The van der Waals surface area contributed by atoms with Crippen molar-refractivity contribution < 1.29 is 118 Å². The minimum absolute atomic E-state index is 0.0527. The minimum atomic E-state index is -2.07. The van der Waals surface area contributed by atoms with Crippen LogP contribution >= 0.6 is 0 Å². The summed E-state index contributed by atoms with van der Waals surface area (Å²) >= 11 is 0. The Balaban J connectivity index is 1.28. The molecule has 3 aromatic carbocycles. The molecule has 7 rings (SSSR count). The van der Waals surface area contributed by atoms with E-state index in [0.717, 1.165) is 18.2 Å². The van der Waals surface area contributed by atoms with E-state index < -0.39 is 124 Å². The summed E-state index contributed by atoms with van der Waals surface area (Å²) in [5.41, 5.74) is 0.418. The molecule has 3 fully saturated rings. The predicted octanol–water partition coefficient (Wildman–Crippen LogP) is -2.04. The maximum Gasteiger partial charge on any atom is 0.402 e. The van der Waals surface area contributed by atoms with Crippen LogP contribution < -0.4 is 18.9 Å². The van der Waals surface area contributed by atoms with Crippen LogP contribution in [0.5, 0.6) is 40.2 Å². The second-order valence-corrected chi connectivity index (χ2v) is 15.8. The number of methoxy groups -OCH3 is 2. The molecule has 4 aromatic rings. The van der Waals surface area contributed by atoms with Crippen LogP contribution in [-0.2, 0) is 28.5 Å². The van der Waals surface area contributed by atoms with Crippen LogP contribution in [-0.4, -0.2) is 199 Å². The third-order valence-electron chi connectivity index (χ3n) is 11.4. The highest BCUT2D eigenvalue weighted by atomic mass is 16.8. The highest BCUT2D eigenvalue weighted by Gasteiger charge is 2.52. The summed E-state index contributed by atoms with van der Waals surface area (Å²) < 4.78 is 57.4. The SMILES string of the molecule is COc1cc(/C=C/C(=O)OC[C@H]2O[C@@H](Oc3cc4c(O[C@@H]5O[C@H](CO)[C@@H](O)[C@H](O)[C@H]5O)cc(O)cc4[o+]c3-c3ccc(O)c(OC)c3)[C@H](O[C@@H]3O[C@H](CO)[C@@H](O)[C@H](O)[C@H]3O)[C@@H](O)[C@@H]2O)ccc1O. The molecule has 15 atom stereocenters. The van der Waals surface area contributed by atoms with Crippen LogP contribution in [0, 0.1) is 0 Å².